The molecule has 0 saturated carbocycles. The highest BCUT2D eigenvalue weighted by Crippen LogP contribution is 2.31. The Morgan fingerprint density at radius 1 is 1.56 bits per heavy atom. The topological polar surface area (TPSA) is 84.3 Å². The van der Waals surface area contributed by atoms with Crippen LogP contribution < -0.4 is 11.2 Å². The molecule has 0 bridgehead atoms. The molecule has 16 heavy (non-hydrogen) atoms. The van der Waals surface area contributed by atoms with Gasteiger partial charge in [-0.1, -0.05) is 0 Å². The van der Waals surface area contributed by atoms with Gasteiger partial charge in [0.15, 0.2) is 6.23 Å². The van der Waals surface area contributed by atoms with Crippen molar-refractivity contribution in [1.82, 2.24) is 9.55 Å². The number of rotatable bonds is 1. The van der Waals surface area contributed by atoms with Crippen LogP contribution in [0.15, 0.2) is 21.9 Å². The third-order valence-corrected chi connectivity index (χ3v) is 3.16. The number of nitrogens with zero attached hydrogens (tertiary/aromatic N) is 1. The second kappa shape index (κ2) is 4.04. The summed E-state index contributed by atoms with van der Waals surface area (Å²) in [4.78, 5) is 24.4. The number of alkyl halides is 1. The number of aliphatic hydroxyl groups is 1. The molecule has 0 amide bonds. The van der Waals surface area contributed by atoms with E-state index in [-0.39, 0.29) is 6.10 Å². The Morgan fingerprint density at radius 2 is 2.25 bits per heavy atom. The van der Waals surface area contributed by atoms with E-state index < -0.39 is 29.0 Å². The molecule has 1 aliphatic rings. The second-order valence-corrected chi connectivity index (χ2v) is 4.19. The summed E-state index contributed by atoms with van der Waals surface area (Å²) in [6.45, 7) is 1.71. The van der Waals surface area contributed by atoms with Gasteiger partial charge in [0.1, 0.15) is 6.10 Å². The van der Waals surface area contributed by atoms with Gasteiger partial charge in [-0.25, -0.2) is 4.79 Å². The number of aromatic amines is 1. The van der Waals surface area contributed by atoms with E-state index in [9.17, 15) is 14.7 Å². The van der Waals surface area contributed by atoms with Gasteiger partial charge in [-0.2, -0.15) is 0 Å². The number of nitrogens with one attached hydrogen (secondary N) is 1. The first kappa shape index (κ1) is 11.4. The lowest BCUT2D eigenvalue weighted by Gasteiger charge is -2.16. The average molecular weight is 247 g/mol. The predicted molar refractivity (Wildman–Crippen MR) is 56.6 cm³/mol. The Kier molecular flexibility index (Phi) is 2.88. The summed E-state index contributed by atoms with van der Waals surface area (Å²) in [7, 11) is 0. The zero-order chi connectivity index (χ0) is 11.9. The zero-order valence-corrected chi connectivity index (χ0v) is 9.22. The standard InChI is InChI=1S/C9H11ClN2O4/c1-4-6(10)7(14)8(16-4)12-3-2-5(13)11-9(12)15/h2-4,6-8,14H,1H3,(H,11,13,15). The first-order valence-electron chi connectivity index (χ1n) is 4.80. The lowest BCUT2D eigenvalue weighted by Crippen LogP contribution is -2.36. The number of halogens is 1. The van der Waals surface area contributed by atoms with Gasteiger partial charge >= 0.3 is 5.69 Å². The molecule has 2 heterocycles. The van der Waals surface area contributed by atoms with Gasteiger partial charge in [0.25, 0.3) is 5.56 Å². The van der Waals surface area contributed by atoms with Crippen LogP contribution in [0.2, 0.25) is 0 Å². The fourth-order valence-electron chi connectivity index (χ4n) is 1.67. The van der Waals surface area contributed by atoms with Gasteiger partial charge < -0.3 is 9.84 Å². The van der Waals surface area contributed by atoms with Crippen LogP contribution in [0.3, 0.4) is 0 Å². The average Bonchev–Trinajstić information content (AvgIpc) is 2.46. The summed E-state index contributed by atoms with van der Waals surface area (Å²) in [5.41, 5.74) is -1.13. The largest absolute Gasteiger partial charge is 0.387 e. The van der Waals surface area contributed by atoms with Crippen molar-refractivity contribution in [3.05, 3.63) is 33.1 Å². The molecule has 1 saturated heterocycles. The first-order chi connectivity index (χ1) is 7.50. The molecule has 1 aromatic heterocycles. The van der Waals surface area contributed by atoms with E-state index in [1.807, 2.05) is 0 Å². The molecule has 1 aliphatic heterocycles. The van der Waals surface area contributed by atoms with E-state index in [0.717, 1.165) is 4.57 Å². The van der Waals surface area contributed by atoms with Crippen molar-refractivity contribution in [1.29, 1.82) is 0 Å². The first-order valence-corrected chi connectivity index (χ1v) is 5.23. The molecule has 4 unspecified atom stereocenters. The van der Waals surface area contributed by atoms with E-state index in [4.69, 9.17) is 16.3 Å². The lowest BCUT2D eigenvalue weighted by atomic mass is 10.2. The highest BCUT2D eigenvalue weighted by molar-refractivity contribution is 6.21. The molecule has 2 rings (SSSR count). The number of H-pyrrole nitrogens is 1. The zero-order valence-electron chi connectivity index (χ0n) is 8.46. The summed E-state index contributed by atoms with van der Waals surface area (Å²) in [5.74, 6) is 0. The number of aromatic nitrogens is 2. The summed E-state index contributed by atoms with van der Waals surface area (Å²) in [5, 5.41) is 9.19. The lowest BCUT2D eigenvalue weighted by molar-refractivity contribution is -0.0348. The van der Waals surface area contributed by atoms with Crippen LogP contribution in [-0.4, -0.2) is 32.2 Å². The van der Waals surface area contributed by atoms with Crippen LogP contribution in [0, 0.1) is 0 Å². The van der Waals surface area contributed by atoms with Crippen LogP contribution in [0.25, 0.3) is 0 Å². The predicted octanol–water partition coefficient (Wildman–Crippen LogP) is -0.578. The van der Waals surface area contributed by atoms with Gasteiger partial charge in [-0.3, -0.25) is 14.3 Å². The molecule has 88 valence electrons. The number of aliphatic hydroxyl groups excluding tert-OH is 1. The van der Waals surface area contributed by atoms with Crippen LogP contribution in [-0.2, 0) is 4.74 Å². The van der Waals surface area contributed by atoms with E-state index in [1.54, 1.807) is 6.92 Å². The molecule has 6 nitrogen and oxygen atoms in total. The van der Waals surface area contributed by atoms with Gasteiger partial charge in [-0.05, 0) is 6.92 Å². The number of hydrogen-bond acceptors (Lipinski definition) is 4. The van der Waals surface area contributed by atoms with Crippen LogP contribution >= 0.6 is 11.6 Å². The quantitative estimate of drug-likeness (QED) is 0.650. The minimum absolute atomic E-state index is 0.361. The van der Waals surface area contributed by atoms with Crippen LogP contribution in [0.4, 0.5) is 0 Å². The monoisotopic (exact) mass is 246 g/mol. The smallest absolute Gasteiger partial charge is 0.330 e. The van der Waals surface area contributed by atoms with Gasteiger partial charge in [0.2, 0.25) is 0 Å². The van der Waals surface area contributed by atoms with Crippen molar-refractivity contribution in [2.45, 2.75) is 30.7 Å². The maximum atomic E-state index is 11.5. The molecule has 7 heteroatoms. The summed E-state index contributed by atoms with van der Waals surface area (Å²) < 4.78 is 6.47. The molecule has 1 fully saturated rings. The Morgan fingerprint density at radius 3 is 2.75 bits per heavy atom. The maximum absolute atomic E-state index is 11.5. The second-order valence-electron chi connectivity index (χ2n) is 3.68. The molecule has 0 radical (unpaired) electrons. The van der Waals surface area contributed by atoms with Crippen molar-refractivity contribution in [2.24, 2.45) is 0 Å². The van der Waals surface area contributed by atoms with E-state index in [0.29, 0.717) is 0 Å². The van der Waals surface area contributed by atoms with Crippen LogP contribution in [0.1, 0.15) is 13.2 Å². The van der Waals surface area contributed by atoms with Crippen LogP contribution in [0.5, 0.6) is 0 Å². The fraction of sp³-hybridized carbons (Fsp3) is 0.556. The maximum Gasteiger partial charge on any atom is 0.330 e. The van der Waals surface area contributed by atoms with Gasteiger partial charge in [-0.15, -0.1) is 11.6 Å². The Labute approximate surface area is 95.4 Å². The minimum Gasteiger partial charge on any atom is -0.387 e. The molecule has 0 spiro atoms. The molecule has 0 aromatic carbocycles. The molecular weight excluding hydrogens is 236 g/mol. The Hall–Kier alpha value is -1.11. The highest BCUT2D eigenvalue weighted by Gasteiger charge is 2.41. The van der Waals surface area contributed by atoms with E-state index in [2.05, 4.69) is 4.98 Å². The van der Waals surface area contributed by atoms with Crippen molar-refractivity contribution < 1.29 is 9.84 Å². The Bertz CT molecular complexity index is 497. The van der Waals surface area contributed by atoms with Gasteiger partial charge in [0, 0.05) is 12.3 Å². The van der Waals surface area contributed by atoms with Crippen molar-refractivity contribution in [2.75, 3.05) is 0 Å². The Balaban J connectivity index is 2.39. The number of ether oxygens (including phenoxy) is 1. The molecular formula is C9H11ClN2O4. The third-order valence-electron chi connectivity index (χ3n) is 2.55. The molecule has 0 aliphatic carbocycles. The fourth-order valence-corrected chi connectivity index (χ4v) is 1.85. The highest BCUT2D eigenvalue weighted by atomic mass is 35.5. The number of hydrogen-bond donors (Lipinski definition) is 2. The molecule has 1 aromatic rings. The summed E-state index contributed by atoms with van der Waals surface area (Å²) in [6.07, 6.45) is -0.931. The van der Waals surface area contributed by atoms with Crippen molar-refractivity contribution in [3.63, 3.8) is 0 Å². The van der Waals surface area contributed by atoms with Crippen molar-refractivity contribution in [3.8, 4) is 0 Å². The van der Waals surface area contributed by atoms with Gasteiger partial charge in [0.05, 0.1) is 11.5 Å². The van der Waals surface area contributed by atoms with Crippen molar-refractivity contribution >= 4 is 11.6 Å². The molecule has 2 N–H and O–H groups in total. The summed E-state index contributed by atoms with van der Waals surface area (Å²) in [6, 6.07) is 1.18. The normalized spacial score (nSPS) is 34.2. The molecule has 4 atom stereocenters. The van der Waals surface area contributed by atoms with E-state index >= 15 is 0 Å². The minimum atomic E-state index is -0.986. The third kappa shape index (κ3) is 1.79. The van der Waals surface area contributed by atoms with E-state index in [1.165, 1.54) is 12.3 Å². The SMILES string of the molecule is CC1OC(n2ccc(=O)[nH]c2=O)C(O)C1Cl. The summed E-state index contributed by atoms with van der Waals surface area (Å²) >= 11 is 5.88.